The first-order valence-electron chi connectivity index (χ1n) is 5.45. The number of hydrogen-bond acceptors (Lipinski definition) is 6. The van der Waals surface area contributed by atoms with Crippen molar-refractivity contribution >= 4 is 40.9 Å². The molecule has 0 atom stereocenters. The van der Waals surface area contributed by atoms with E-state index in [0.29, 0.717) is 5.70 Å². The zero-order chi connectivity index (χ0) is 14.5. The molecule has 0 aliphatic carbocycles. The van der Waals surface area contributed by atoms with Crippen LogP contribution in [0.3, 0.4) is 0 Å². The van der Waals surface area contributed by atoms with Gasteiger partial charge in [-0.15, -0.1) is 11.3 Å². The van der Waals surface area contributed by atoms with Crippen molar-refractivity contribution in [1.82, 2.24) is 5.32 Å². The number of nitrogens with one attached hydrogen (secondary N) is 1. The molecule has 1 aromatic rings. The molecule has 0 saturated carbocycles. The van der Waals surface area contributed by atoms with E-state index in [2.05, 4.69) is 5.32 Å². The summed E-state index contributed by atoms with van der Waals surface area (Å²) in [5.41, 5.74) is 6.08. The first-order chi connectivity index (χ1) is 8.86. The summed E-state index contributed by atoms with van der Waals surface area (Å²) < 4.78 is 4.00. The Hall–Kier alpha value is -1.31. The molecule has 104 valence electrons. The number of carbonyl (C=O) groups is 2. The molecule has 0 saturated heterocycles. The number of rotatable bonds is 5. The molecule has 0 radical (unpaired) electrons. The summed E-state index contributed by atoms with van der Waals surface area (Å²) in [4.78, 5) is 24.3. The van der Waals surface area contributed by atoms with Gasteiger partial charge in [0.05, 0.1) is 17.7 Å². The highest BCUT2D eigenvalue weighted by molar-refractivity contribution is 7.96. The van der Waals surface area contributed by atoms with Crippen molar-refractivity contribution in [2.75, 3.05) is 7.11 Å². The second-order valence-corrected chi connectivity index (χ2v) is 6.62. The molecule has 1 heterocycles. The molecular formula is C12H16N2O3S2. The zero-order valence-corrected chi connectivity index (χ0v) is 12.6. The van der Waals surface area contributed by atoms with Gasteiger partial charge in [-0.3, -0.25) is 14.9 Å². The van der Waals surface area contributed by atoms with E-state index in [-0.39, 0.29) is 0 Å². The molecule has 0 fully saturated rings. The summed E-state index contributed by atoms with van der Waals surface area (Å²) in [5, 5.41) is 4.13. The van der Waals surface area contributed by atoms with E-state index in [1.165, 1.54) is 24.5 Å². The third kappa shape index (κ3) is 4.70. The van der Waals surface area contributed by atoms with Crippen LogP contribution in [-0.2, 0) is 13.8 Å². The van der Waals surface area contributed by atoms with E-state index < -0.39 is 16.6 Å². The van der Waals surface area contributed by atoms with Gasteiger partial charge < -0.3 is 9.92 Å². The molecule has 1 aromatic heterocycles. The van der Waals surface area contributed by atoms with Gasteiger partial charge in [0.15, 0.2) is 0 Å². The smallest absolute Gasteiger partial charge is 0.252 e. The van der Waals surface area contributed by atoms with Gasteiger partial charge in [-0.25, -0.2) is 0 Å². The first-order valence-corrected chi connectivity index (χ1v) is 7.07. The Morgan fingerprint density at radius 2 is 2.21 bits per heavy atom. The van der Waals surface area contributed by atoms with Gasteiger partial charge in [0, 0.05) is 18.1 Å². The summed E-state index contributed by atoms with van der Waals surface area (Å²) in [5.74, 6) is -0.972. The molecule has 19 heavy (non-hydrogen) atoms. The molecule has 0 aromatic carbocycles. The molecule has 0 bridgehead atoms. The lowest BCUT2D eigenvalue weighted by Crippen LogP contribution is -2.42. The van der Waals surface area contributed by atoms with Crippen LogP contribution in [0.25, 0.3) is 5.70 Å². The number of amides is 2. The number of nitrogens with two attached hydrogens (primary N) is 1. The van der Waals surface area contributed by atoms with Crippen molar-refractivity contribution in [2.45, 2.75) is 18.6 Å². The molecular weight excluding hydrogens is 284 g/mol. The third-order valence-corrected chi connectivity index (χ3v) is 3.86. The quantitative estimate of drug-likeness (QED) is 0.640. The minimum Gasteiger partial charge on any atom is -0.397 e. The van der Waals surface area contributed by atoms with E-state index in [1.807, 2.05) is 11.4 Å². The fourth-order valence-corrected chi connectivity index (χ4v) is 2.40. The Kier molecular flexibility index (Phi) is 5.59. The average molecular weight is 300 g/mol. The zero-order valence-electron chi connectivity index (χ0n) is 10.9. The third-order valence-electron chi connectivity index (χ3n) is 2.17. The molecule has 1 rings (SSSR count). The molecule has 0 aliphatic heterocycles. The van der Waals surface area contributed by atoms with Gasteiger partial charge in [0.1, 0.15) is 4.75 Å². The molecule has 0 aliphatic rings. The van der Waals surface area contributed by atoms with Crippen molar-refractivity contribution in [1.29, 1.82) is 0 Å². The van der Waals surface area contributed by atoms with Crippen molar-refractivity contribution in [3.63, 3.8) is 0 Å². The number of imide groups is 1. The Morgan fingerprint density at radius 3 is 2.74 bits per heavy atom. The van der Waals surface area contributed by atoms with Crippen LogP contribution in [0.4, 0.5) is 0 Å². The van der Waals surface area contributed by atoms with Crippen molar-refractivity contribution in [3.05, 3.63) is 28.5 Å². The van der Waals surface area contributed by atoms with Crippen LogP contribution in [-0.4, -0.2) is 23.7 Å². The molecule has 7 heteroatoms. The van der Waals surface area contributed by atoms with Crippen LogP contribution in [0.1, 0.15) is 18.7 Å². The van der Waals surface area contributed by atoms with E-state index in [1.54, 1.807) is 19.9 Å². The summed E-state index contributed by atoms with van der Waals surface area (Å²) in [6.07, 6.45) is 1.21. The predicted octanol–water partition coefficient (Wildman–Crippen LogP) is 1.76. The SMILES string of the molecule is COSC(C)(C)C(=O)NC(=O)C=C(N)c1cccs1. The first kappa shape index (κ1) is 15.7. The number of thiophene rings is 1. The van der Waals surface area contributed by atoms with Crippen LogP contribution in [0.2, 0.25) is 0 Å². The topological polar surface area (TPSA) is 81.4 Å². The molecule has 2 amide bonds. The van der Waals surface area contributed by atoms with E-state index in [0.717, 1.165) is 16.9 Å². The normalized spacial score (nSPS) is 12.3. The fraction of sp³-hybridized carbons (Fsp3) is 0.333. The van der Waals surface area contributed by atoms with Gasteiger partial charge in [-0.05, 0) is 25.3 Å². The van der Waals surface area contributed by atoms with Gasteiger partial charge in [-0.2, -0.15) is 0 Å². The van der Waals surface area contributed by atoms with E-state index in [4.69, 9.17) is 9.92 Å². The van der Waals surface area contributed by atoms with Gasteiger partial charge in [0.2, 0.25) is 5.91 Å². The lowest BCUT2D eigenvalue weighted by Gasteiger charge is -2.19. The van der Waals surface area contributed by atoms with Crippen molar-refractivity contribution in [3.8, 4) is 0 Å². The van der Waals surface area contributed by atoms with E-state index in [9.17, 15) is 9.59 Å². The molecule has 5 nitrogen and oxygen atoms in total. The second-order valence-electron chi connectivity index (χ2n) is 4.16. The predicted molar refractivity (Wildman–Crippen MR) is 78.3 cm³/mol. The van der Waals surface area contributed by atoms with Crippen molar-refractivity contribution < 1.29 is 13.8 Å². The second kappa shape index (κ2) is 6.74. The summed E-state index contributed by atoms with van der Waals surface area (Å²) in [7, 11) is 1.47. The highest BCUT2D eigenvalue weighted by Gasteiger charge is 2.30. The number of hydrogen-bond donors (Lipinski definition) is 2. The van der Waals surface area contributed by atoms with E-state index >= 15 is 0 Å². The average Bonchev–Trinajstić information content (AvgIpc) is 2.81. The van der Waals surface area contributed by atoms with Crippen LogP contribution in [0.15, 0.2) is 23.6 Å². The fourth-order valence-electron chi connectivity index (χ4n) is 1.20. The Balaban J connectivity index is 2.66. The maximum atomic E-state index is 11.8. The summed E-state index contributed by atoms with van der Waals surface area (Å²) in [6.45, 7) is 3.33. The van der Waals surface area contributed by atoms with Crippen LogP contribution >= 0.6 is 23.4 Å². The van der Waals surface area contributed by atoms with Crippen molar-refractivity contribution in [2.24, 2.45) is 5.73 Å². The number of carbonyl (C=O) groups excluding carboxylic acids is 2. The Morgan fingerprint density at radius 1 is 1.53 bits per heavy atom. The Labute approximate surface area is 120 Å². The minimum absolute atomic E-state index is 0.331. The minimum atomic E-state index is -0.851. The molecule has 0 spiro atoms. The van der Waals surface area contributed by atoms with Gasteiger partial charge in [0.25, 0.3) is 5.91 Å². The highest BCUT2D eigenvalue weighted by Crippen LogP contribution is 2.24. The summed E-state index contributed by atoms with van der Waals surface area (Å²) in [6, 6.07) is 3.64. The Bertz CT molecular complexity index is 481. The maximum absolute atomic E-state index is 11.8. The van der Waals surface area contributed by atoms with Crippen LogP contribution in [0.5, 0.6) is 0 Å². The van der Waals surface area contributed by atoms with Crippen LogP contribution in [0, 0.1) is 0 Å². The van der Waals surface area contributed by atoms with Crippen LogP contribution < -0.4 is 11.1 Å². The summed E-state index contributed by atoms with van der Waals surface area (Å²) >= 11 is 2.41. The van der Waals surface area contributed by atoms with Gasteiger partial charge in [-0.1, -0.05) is 6.07 Å². The standard InChI is InChI=1S/C12H16N2O3S2/c1-12(2,19-17-3)11(16)14-10(15)7-8(13)9-5-4-6-18-9/h4-7H,13H2,1-3H3,(H,14,15,16). The lowest BCUT2D eigenvalue weighted by molar-refractivity contribution is -0.129. The molecule has 3 N–H and O–H groups in total. The monoisotopic (exact) mass is 300 g/mol. The molecule has 0 unspecified atom stereocenters. The lowest BCUT2D eigenvalue weighted by atomic mass is 10.2. The van der Waals surface area contributed by atoms with Gasteiger partial charge >= 0.3 is 0 Å². The maximum Gasteiger partial charge on any atom is 0.252 e. The largest absolute Gasteiger partial charge is 0.397 e. The highest BCUT2D eigenvalue weighted by atomic mass is 32.2.